The van der Waals surface area contributed by atoms with E-state index in [1.54, 1.807) is 0 Å². The first kappa shape index (κ1) is 46.9. The van der Waals surface area contributed by atoms with Gasteiger partial charge in [0.2, 0.25) is 0 Å². The Labute approximate surface area is 467 Å². The highest BCUT2D eigenvalue weighted by Crippen LogP contribution is 2.57. The van der Waals surface area contributed by atoms with Crippen LogP contribution in [0.4, 0.5) is 0 Å². The molecule has 1 aromatic heterocycles. The quantitative estimate of drug-likeness (QED) is 0.129. The number of hydrogen-bond acceptors (Lipinski definition) is 0. The normalized spacial score (nSPS) is 12.3. The van der Waals surface area contributed by atoms with Crippen LogP contribution in [0.15, 0.2) is 322 Å². The number of hydrogen-bond donors (Lipinski definition) is 0. The minimum atomic E-state index is -0.584. The molecular weight excluding hydrogens is 963 g/mol. The van der Waals surface area contributed by atoms with Gasteiger partial charge in [0.05, 0.1) is 16.4 Å². The number of nitrogens with zero attached hydrogens (tertiary/aromatic N) is 1. The summed E-state index contributed by atoms with van der Waals surface area (Å²) in [5.41, 5.74) is 27.3. The molecular formula is C79H53N. The summed E-state index contributed by atoms with van der Waals surface area (Å²) in [5.74, 6) is 0. The molecule has 1 aliphatic rings. The fraction of sp³-hybridized carbons (Fsp3) is 0.0127. The van der Waals surface area contributed by atoms with Gasteiger partial charge < -0.3 is 4.57 Å². The first-order chi connectivity index (χ1) is 39.6. The summed E-state index contributed by atoms with van der Waals surface area (Å²) in [4.78, 5) is 0. The maximum Gasteiger partial charge on any atom is 0.0714 e. The SMILES string of the molecule is c1ccc(-c2ccc(-c3ccc(-c4ccc5c(c4)c4cc(-c6ccc(-c7ccc(-c8ccccc8)cc7)cc6)ccc4n5-c4ccc5c(c4)C(c4ccccc4)(c4ccccc4)c4cc(-c6ccccc6)ccc4-5)cc3)cc2)cc1. The van der Waals surface area contributed by atoms with Crippen LogP contribution >= 0.6 is 0 Å². The van der Waals surface area contributed by atoms with Crippen LogP contribution in [0, 0.1) is 0 Å². The van der Waals surface area contributed by atoms with Crippen molar-refractivity contribution in [1.82, 2.24) is 4.57 Å². The van der Waals surface area contributed by atoms with Gasteiger partial charge in [-0.1, -0.05) is 279 Å². The van der Waals surface area contributed by atoms with E-state index in [0.717, 1.165) is 16.7 Å². The first-order valence-electron chi connectivity index (χ1n) is 27.7. The zero-order chi connectivity index (χ0) is 53.0. The smallest absolute Gasteiger partial charge is 0.0714 e. The largest absolute Gasteiger partial charge is 0.309 e. The Bertz CT molecular complexity index is 4320. The average Bonchev–Trinajstić information content (AvgIpc) is 4.08. The lowest BCUT2D eigenvalue weighted by Crippen LogP contribution is -2.28. The van der Waals surface area contributed by atoms with E-state index in [9.17, 15) is 0 Å². The predicted molar refractivity (Wildman–Crippen MR) is 336 cm³/mol. The molecule has 14 aromatic rings. The van der Waals surface area contributed by atoms with Gasteiger partial charge in [-0.15, -0.1) is 0 Å². The van der Waals surface area contributed by atoms with Crippen molar-refractivity contribution in [3.8, 4) is 94.7 Å². The van der Waals surface area contributed by atoms with Crippen LogP contribution in [0.1, 0.15) is 22.3 Å². The zero-order valence-corrected chi connectivity index (χ0v) is 44.0. The Morgan fingerprint density at radius 2 is 0.463 bits per heavy atom. The molecule has 0 amide bonds. The van der Waals surface area contributed by atoms with Gasteiger partial charge in [0.25, 0.3) is 0 Å². The van der Waals surface area contributed by atoms with Gasteiger partial charge in [-0.3, -0.25) is 0 Å². The average molecular weight is 1020 g/mol. The van der Waals surface area contributed by atoms with Crippen molar-refractivity contribution in [1.29, 1.82) is 0 Å². The lowest BCUT2D eigenvalue weighted by atomic mass is 9.67. The van der Waals surface area contributed by atoms with E-state index in [0.29, 0.717) is 0 Å². The van der Waals surface area contributed by atoms with E-state index in [2.05, 4.69) is 326 Å². The summed E-state index contributed by atoms with van der Waals surface area (Å²) in [6.07, 6.45) is 0. The van der Waals surface area contributed by atoms with Gasteiger partial charge in [0.15, 0.2) is 0 Å². The molecule has 13 aromatic carbocycles. The van der Waals surface area contributed by atoms with Gasteiger partial charge in [-0.05, 0) is 154 Å². The monoisotopic (exact) mass is 1020 g/mol. The fourth-order valence-corrected chi connectivity index (χ4v) is 12.8. The van der Waals surface area contributed by atoms with Crippen LogP contribution in [0.3, 0.4) is 0 Å². The minimum Gasteiger partial charge on any atom is -0.309 e. The molecule has 0 N–H and O–H groups in total. The second kappa shape index (κ2) is 19.6. The lowest BCUT2D eigenvalue weighted by Gasteiger charge is -2.34. The number of benzene rings is 13. The maximum absolute atomic E-state index is 2.50. The molecule has 0 spiro atoms. The van der Waals surface area contributed by atoms with Gasteiger partial charge in [0.1, 0.15) is 0 Å². The Hall–Kier alpha value is -10.3. The van der Waals surface area contributed by atoms with Crippen molar-refractivity contribution in [3.63, 3.8) is 0 Å². The fourth-order valence-electron chi connectivity index (χ4n) is 12.8. The van der Waals surface area contributed by atoms with Crippen LogP contribution in [0.25, 0.3) is 117 Å². The highest BCUT2D eigenvalue weighted by molar-refractivity contribution is 6.12. The highest BCUT2D eigenvalue weighted by atomic mass is 15.0. The lowest BCUT2D eigenvalue weighted by molar-refractivity contribution is 0.768. The van der Waals surface area contributed by atoms with Gasteiger partial charge in [-0.25, -0.2) is 0 Å². The van der Waals surface area contributed by atoms with Crippen LogP contribution < -0.4 is 0 Å². The summed E-state index contributed by atoms with van der Waals surface area (Å²) >= 11 is 0. The molecule has 1 heteroatoms. The van der Waals surface area contributed by atoms with Crippen LogP contribution in [-0.4, -0.2) is 4.57 Å². The molecule has 0 radical (unpaired) electrons. The standard InChI is InChI=1S/C79H53N/c1-6-16-54(17-7-1)57-26-30-59(31-27-57)61-34-38-63(39-35-61)65-43-48-77-73(50-65)74-51-66(64-40-36-62(37-41-64)60-32-28-58(29-33-60)55-18-8-2-9-19-55)44-49-78(74)80(77)70-45-47-72-71-46-42-67(56-20-10-3-11-21-56)52-75(71)79(76(72)53-70,68-22-12-4-13-23-68)69-24-14-5-15-25-69/h1-53H. The Kier molecular flexibility index (Phi) is 11.5. The third kappa shape index (κ3) is 8.02. The van der Waals surface area contributed by atoms with Crippen LogP contribution in [0.2, 0.25) is 0 Å². The molecule has 0 fully saturated rings. The van der Waals surface area contributed by atoms with Crippen molar-refractivity contribution in [2.24, 2.45) is 0 Å². The molecule has 15 rings (SSSR count). The molecule has 1 nitrogen and oxygen atoms in total. The van der Waals surface area contributed by atoms with E-state index < -0.39 is 5.41 Å². The second-order valence-electron chi connectivity index (χ2n) is 21.2. The second-order valence-corrected chi connectivity index (χ2v) is 21.2. The molecule has 1 heterocycles. The third-order valence-corrected chi connectivity index (χ3v) is 16.8. The summed E-state index contributed by atoms with van der Waals surface area (Å²) in [5, 5.41) is 2.42. The summed E-state index contributed by atoms with van der Waals surface area (Å²) in [6.45, 7) is 0. The number of fused-ring (bicyclic) bond motifs is 6. The molecule has 80 heavy (non-hydrogen) atoms. The molecule has 0 aliphatic heterocycles. The predicted octanol–water partition coefficient (Wildman–Crippen LogP) is 20.8. The topological polar surface area (TPSA) is 4.93 Å². The third-order valence-electron chi connectivity index (χ3n) is 16.8. The highest BCUT2D eigenvalue weighted by Gasteiger charge is 2.46. The van der Waals surface area contributed by atoms with E-state index in [4.69, 9.17) is 0 Å². The maximum atomic E-state index is 2.50. The van der Waals surface area contributed by atoms with Gasteiger partial charge in [-0.2, -0.15) is 0 Å². The molecule has 0 saturated carbocycles. The molecule has 1 aliphatic carbocycles. The summed E-state index contributed by atoms with van der Waals surface area (Å²) in [6, 6.07) is 119. The van der Waals surface area contributed by atoms with Crippen molar-refractivity contribution < 1.29 is 0 Å². The minimum absolute atomic E-state index is 0.584. The van der Waals surface area contributed by atoms with E-state index >= 15 is 0 Å². The summed E-state index contributed by atoms with van der Waals surface area (Å²) in [7, 11) is 0. The molecule has 0 unspecified atom stereocenters. The van der Waals surface area contributed by atoms with Crippen LogP contribution in [-0.2, 0) is 5.41 Å². The zero-order valence-electron chi connectivity index (χ0n) is 44.0. The number of aromatic nitrogens is 1. The van der Waals surface area contributed by atoms with Crippen molar-refractivity contribution >= 4 is 21.8 Å². The summed E-state index contributed by atoms with van der Waals surface area (Å²) < 4.78 is 2.50. The van der Waals surface area contributed by atoms with E-state index in [1.807, 2.05) is 0 Å². The van der Waals surface area contributed by atoms with Crippen LogP contribution in [0.5, 0.6) is 0 Å². The Morgan fingerprint density at radius 1 is 0.200 bits per heavy atom. The molecule has 0 saturated heterocycles. The van der Waals surface area contributed by atoms with Gasteiger partial charge >= 0.3 is 0 Å². The first-order valence-corrected chi connectivity index (χ1v) is 27.7. The van der Waals surface area contributed by atoms with Gasteiger partial charge in [0, 0.05) is 16.5 Å². The van der Waals surface area contributed by atoms with E-state index in [-0.39, 0.29) is 0 Å². The van der Waals surface area contributed by atoms with Crippen molar-refractivity contribution in [2.75, 3.05) is 0 Å². The Balaban J connectivity index is 0.872. The van der Waals surface area contributed by atoms with Crippen molar-refractivity contribution in [3.05, 3.63) is 344 Å². The molecule has 0 atom stereocenters. The Morgan fingerprint density at radius 3 is 0.838 bits per heavy atom. The number of rotatable bonds is 10. The molecule has 0 bridgehead atoms. The molecule has 374 valence electrons. The van der Waals surface area contributed by atoms with Crippen molar-refractivity contribution in [2.45, 2.75) is 5.41 Å². The van der Waals surface area contributed by atoms with E-state index in [1.165, 1.54) is 122 Å².